The number of thioether (sulfide) groups is 1. The average molecular weight is 310 g/mol. The van der Waals surface area contributed by atoms with Crippen LogP contribution in [0.1, 0.15) is 27.3 Å². The van der Waals surface area contributed by atoms with Crippen molar-refractivity contribution in [2.75, 3.05) is 24.3 Å². The molecule has 2 aromatic heterocycles. The van der Waals surface area contributed by atoms with Gasteiger partial charge in [0.1, 0.15) is 9.71 Å². The van der Waals surface area contributed by atoms with E-state index in [1.807, 2.05) is 13.8 Å². The number of hydrogen-bond acceptors (Lipinski definition) is 6. The Bertz CT molecular complexity index is 639. The normalized spacial score (nSPS) is 10.9. The minimum atomic E-state index is -0.122. The molecule has 0 atom stereocenters. The standard InChI is InChI=1S/C13H18N4OS2/c1-7-8(2)16-17-13-9(7)10(14)11(20-13)12(18)15-5-4-6-19-3/h4-6,14H2,1-3H3,(H,15,18). The Hall–Kier alpha value is -1.34. The van der Waals surface area contributed by atoms with Crippen molar-refractivity contribution in [3.63, 3.8) is 0 Å². The molecule has 0 saturated heterocycles. The van der Waals surface area contributed by atoms with Crippen LogP contribution in [0.3, 0.4) is 0 Å². The van der Waals surface area contributed by atoms with Crippen LogP contribution in [-0.2, 0) is 0 Å². The van der Waals surface area contributed by atoms with Crippen molar-refractivity contribution in [2.45, 2.75) is 20.3 Å². The summed E-state index contributed by atoms with van der Waals surface area (Å²) in [5, 5.41) is 12.0. The van der Waals surface area contributed by atoms with E-state index in [1.165, 1.54) is 11.3 Å². The molecule has 2 rings (SSSR count). The zero-order valence-corrected chi connectivity index (χ0v) is 13.5. The second kappa shape index (κ2) is 6.41. The summed E-state index contributed by atoms with van der Waals surface area (Å²) in [5.41, 5.74) is 8.47. The zero-order chi connectivity index (χ0) is 14.7. The molecule has 3 N–H and O–H groups in total. The third-order valence-corrected chi connectivity index (χ3v) is 4.94. The number of aryl methyl sites for hydroxylation is 2. The summed E-state index contributed by atoms with van der Waals surface area (Å²) in [7, 11) is 0. The molecular weight excluding hydrogens is 292 g/mol. The average Bonchev–Trinajstić information content (AvgIpc) is 2.77. The molecule has 108 valence electrons. The molecule has 1 amide bonds. The SMILES string of the molecule is CSCCCNC(=O)c1sc2nnc(C)c(C)c2c1N. The van der Waals surface area contributed by atoms with Gasteiger partial charge in [-0.3, -0.25) is 4.79 Å². The number of fused-ring (bicyclic) bond motifs is 1. The van der Waals surface area contributed by atoms with Gasteiger partial charge in [0.25, 0.3) is 5.91 Å². The Balaban J connectivity index is 2.25. The Labute approximate surface area is 126 Å². The molecule has 2 heterocycles. The Morgan fingerprint density at radius 3 is 2.85 bits per heavy atom. The number of rotatable bonds is 5. The van der Waals surface area contributed by atoms with Crippen LogP contribution in [0.15, 0.2) is 0 Å². The van der Waals surface area contributed by atoms with E-state index in [0.29, 0.717) is 17.1 Å². The number of hydrogen-bond donors (Lipinski definition) is 2. The van der Waals surface area contributed by atoms with E-state index < -0.39 is 0 Å². The number of nitrogens with zero attached hydrogens (tertiary/aromatic N) is 2. The third-order valence-electron chi connectivity index (χ3n) is 3.15. The van der Waals surface area contributed by atoms with Gasteiger partial charge < -0.3 is 11.1 Å². The highest BCUT2D eigenvalue weighted by molar-refractivity contribution is 7.98. The lowest BCUT2D eigenvalue weighted by molar-refractivity contribution is 0.0958. The van der Waals surface area contributed by atoms with Crippen molar-refractivity contribution in [2.24, 2.45) is 0 Å². The number of aromatic nitrogens is 2. The van der Waals surface area contributed by atoms with Crippen molar-refractivity contribution < 1.29 is 4.79 Å². The van der Waals surface area contributed by atoms with Crippen molar-refractivity contribution >= 4 is 44.9 Å². The first-order chi connectivity index (χ1) is 9.56. The largest absolute Gasteiger partial charge is 0.397 e. The number of carbonyl (C=O) groups excluding carboxylic acids is 1. The van der Waals surface area contributed by atoms with E-state index in [1.54, 1.807) is 11.8 Å². The van der Waals surface area contributed by atoms with Crippen LogP contribution in [0.2, 0.25) is 0 Å². The predicted molar refractivity (Wildman–Crippen MR) is 86.6 cm³/mol. The van der Waals surface area contributed by atoms with Gasteiger partial charge in [0.15, 0.2) is 0 Å². The molecule has 20 heavy (non-hydrogen) atoms. The van der Waals surface area contributed by atoms with E-state index in [-0.39, 0.29) is 5.91 Å². The van der Waals surface area contributed by atoms with Gasteiger partial charge in [-0.25, -0.2) is 0 Å². The van der Waals surface area contributed by atoms with Gasteiger partial charge in [-0.05, 0) is 37.8 Å². The highest BCUT2D eigenvalue weighted by Crippen LogP contribution is 2.34. The first-order valence-corrected chi connectivity index (χ1v) is 8.56. The van der Waals surface area contributed by atoms with Crippen LogP contribution in [0.4, 0.5) is 5.69 Å². The van der Waals surface area contributed by atoms with E-state index >= 15 is 0 Å². The number of carbonyl (C=O) groups is 1. The number of nitrogen functional groups attached to an aromatic ring is 1. The van der Waals surface area contributed by atoms with E-state index in [4.69, 9.17) is 5.73 Å². The molecule has 0 saturated carbocycles. The summed E-state index contributed by atoms with van der Waals surface area (Å²) < 4.78 is 0. The summed E-state index contributed by atoms with van der Waals surface area (Å²) in [6.45, 7) is 4.51. The molecule has 0 spiro atoms. The molecule has 0 bridgehead atoms. The number of thiophene rings is 1. The van der Waals surface area contributed by atoms with E-state index in [9.17, 15) is 4.79 Å². The molecule has 0 fully saturated rings. The molecule has 7 heteroatoms. The van der Waals surface area contributed by atoms with Gasteiger partial charge in [0.05, 0.1) is 11.4 Å². The quantitative estimate of drug-likeness (QED) is 0.829. The summed E-state index contributed by atoms with van der Waals surface area (Å²) in [5.74, 6) is 0.912. The molecule has 0 aliphatic carbocycles. The molecule has 2 aromatic rings. The summed E-state index contributed by atoms with van der Waals surface area (Å²) in [4.78, 5) is 13.4. The zero-order valence-electron chi connectivity index (χ0n) is 11.8. The first-order valence-electron chi connectivity index (χ1n) is 6.35. The predicted octanol–water partition coefficient (Wildman–Crippen LogP) is 2.37. The lowest BCUT2D eigenvalue weighted by Gasteiger charge is -2.04. The smallest absolute Gasteiger partial charge is 0.263 e. The third kappa shape index (κ3) is 2.88. The fraction of sp³-hybridized carbons (Fsp3) is 0.462. The van der Waals surface area contributed by atoms with E-state index in [0.717, 1.165) is 33.6 Å². The lowest BCUT2D eigenvalue weighted by atomic mass is 10.1. The maximum atomic E-state index is 12.2. The second-order valence-electron chi connectivity index (χ2n) is 4.54. The fourth-order valence-electron chi connectivity index (χ4n) is 1.91. The van der Waals surface area contributed by atoms with Crippen molar-refractivity contribution in [1.29, 1.82) is 0 Å². The second-order valence-corrected chi connectivity index (χ2v) is 6.52. The number of nitrogens with one attached hydrogen (secondary N) is 1. The number of anilines is 1. The number of amides is 1. The molecule has 0 radical (unpaired) electrons. The van der Waals surface area contributed by atoms with Crippen LogP contribution >= 0.6 is 23.1 Å². The molecule has 0 aliphatic heterocycles. The van der Waals surface area contributed by atoms with Crippen LogP contribution in [0.5, 0.6) is 0 Å². The van der Waals surface area contributed by atoms with Gasteiger partial charge in [-0.2, -0.15) is 16.9 Å². The first kappa shape index (κ1) is 15.1. The van der Waals surface area contributed by atoms with Crippen molar-refractivity contribution in [3.05, 3.63) is 16.1 Å². The topological polar surface area (TPSA) is 80.9 Å². The summed E-state index contributed by atoms with van der Waals surface area (Å²) >= 11 is 3.07. The van der Waals surface area contributed by atoms with Gasteiger partial charge in [-0.15, -0.1) is 16.4 Å². The molecular formula is C13H18N4OS2. The Morgan fingerprint density at radius 2 is 2.15 bits per heavy atom. The highest BCUT2D eigenvalue weighted by Gasteiger charge is 2.19. The van der Waals surface area contributed by atoms with Crippen LogP contribution in [0.25, 0.3) is 10.2 Å². The highest BCUT2D eigenvalue weighted by atomic mass is 32.2. The minimum absolute atomic E-state index is 0.122. The van der Waals surface area contributed by atoms with Gasteiger partial charge in [-0.1, -0.05) is 0 Å². The molecule has 5 nitrogen and oxygen atoms in total. The fourth-order valence-corrected chi connectivity index (χ4v) is 3.36. The minimum Gasteiger partial charge on any atom is -0.397 e. The van der Waals surface area contributed by atoms with Crippen LogP contribution in [-0.4, -0.2) is 34.7 Å². The van der Waals surface area contributed by atoms with Crippen molar-refractivity contribution in [1.82, 2.24) is 15.5 Å². The Morgan fingerprint density at radius 1 is 1.40 bits per heavy atom. The molecule has 0 unspecified atom stereocenters. The van der Waals surface area contributed by atoms with Crippen LogP contribution < -0.4 is 11.1 Å². The van der Waals surface area contributed by atoms with Gasteiger partial charge in [0.2, 0.25) is 0 Å². The summed E-state index contributed by atoms with van der Waals surface area (Å²) in [6.07, 6.45) is 3.01. The summed E-state index contributed by atoms with van der Waals surface area (Å²) in [6, 6.07) is 0. The molecule has 0 aromatic carbocycles. The maximum Gasteiger partial charge on any atom is 0.263 e. The van der Waals surface area contributed by atoms with Crippen molar-refractivity contribution in [3.8, 4) is 0 Å². The van der Waals surface area contributed by atoms with Gasteiger partial charge >= 0.3 is 0 Å². The number of nitrogens with two attached hydrogens (primary N) is 1. The van der Waals surface area contributed by atoms with Gasteiger partial charge in [0, 0.05) is 11.9 Å². The Kier molecular flexibility index (Phi) is 4.82. The lowest BCUT2D eigenvalue weighted by Crippen LogP contribution is -2.24. The maximum absolute atomic E-state index is 12.2. The molecule has 0 aliphatic rings. The monoisotopic (exact) mass is 310 g/mol. The van der Waals surface area contributed by atoms with Crippen LogP contribution in [0, 0.1) is 13.8 Å². The van der Waals surface area contributed by atoms with E-state index in [2.05, 4.69) is 21.8 Å².